The number of benzene rings is 1. The fourth-order valence-corrected chi connectivity index (χ4v) is 3.81. The molecule has 1 aromatic carbocycles. The minimum absolute atomic E-state index is 0.130. The molecule has 4 nitrogen and oxygen atoms in total. The number of aromatic nitrogens is 3. The third-order valence-corrected chi connectivity index (χ3v) is 5.54. The molecule has 0 radical (unpaired) electrons. The van der Waals surface area contributed by atoms with Gasteiger partial charge in [-0.05, 0) is 68.0 Å². The SMILES string of the molecule is CC(=C1CCC(n2cccn2)CC1)c1cccc(Oc2ccc(C(F)(F)F)cn2)c1. The van der Waals surface area contributed by atoms with Crippen molar-refractivity contribution < 1.29 is 17.9 Å². The van der Waals surface area contributed by atoms with Crippen LogP contribution in [0.15, 0.2) is 66.6 Å². The first-order valence-electron chi connectivity index (χ1n) is 9.89. The molecule has 0 bridgehead atoms. The molecule has 2 heterocycles. The van der Waals surface area contributed by atoms with Crippen LogP contribution in [0.25, 0.3) is 5.57 Å². The molecule has 156 valence electrons. The normalized spacial score (nSPS) is 17.1. The molecule has 0 amide bonds. The first kappa shape index (κ1) is 20.2. The molecule has 1 saturated carbocycles. The summed E-state index contributed by atoms with van der Waals surface area (Å²) in [7, 11) is 0. The lowest BCUT2D eigenvalue weighted by molar-refractivity contribution is -0.137. The Morgan fingerprint density at radius 1 is 1.10 bits per heavy atom. The van der Waals surface area contributed by atoms with Crippen LogP contribution in [-0.2, 0) is 6.18 Å². The molecule has 0 saturated heterocycles. The second kappa shape index (κ2) is 8.34. The van der Waals surface area contributed by atoms with Crippen molar-refractivity contribution in [3.63, 3.8) is 0 Å². The summed E-state index contributed by atoms with van der Waals surface area (Å²) in [4.78, 5) is 3.78. The lowest BCUT2D eigenvalue weighted by Crippen LogP contribution is -2.14. The maximum Gasteiger partial charge on any atom is 0.417 e. The van der Waals surface area contributed by atoms with Crippen molar-refractivity contribution in [2.45, 2.75) is 44.8 Å². The maximum absolute atomic E-state index is 12.7. The predicted octanol–water partition coefficient (Wildman–Crippen LogP) is 6.68. The molecule has 7 heteroatoms. The van der Waals surface area contributed by atoms with Crippen molar-refractivity contribution in [1.29, 1.82) is 0 Å². The quantitative estimate of drug-likeness (QED) is 0.479. The first-order valence-corrected chi connectivity index (χ1v) is 9.89. The molecular formula is C23H22F3N3O. The molecule has 4 rings (SSSR count). The number of rotatable bonds is 4. The summed E-state index contributed by atoms with van der Waals surface area (Å²) in [6.07, 6.45) is 4.34. The zero-order valence-electron chi connectivity index (χ0n) is 16.6. The van der Waals surface area contributed by atoms with Gasteiger partial charge in [0.25, 0.3) is 0 Å². The van der Waals surface area contributed by atoms with Crippen molar-refractivity contribution in [2.75, 3.05) is 0 Å². The summed E-state index contributed by atoms with van der Waals surface area (Å²) in [5.41, 5.74) is 2.89. The Morgan fingerprint density at radius 2 is 1.90 bits per heavy atom. The lowest BCUT2D eigenvalue weighted by atomic mass is 9.86. The monoisotopic (exact) mass is 413 g/mol. The number of halogens is 3. The third kappa shape index (κ3) is 4.56. The van der Waals surface area contributed by atoms with Gasteiger partial charge in [0.15, 0.2) is 0 Å². The van der Waals surface area contributed by atoms with E-state index in [0.717, 1.165) is 43.5 Å². The van der Waals surface area contributed by atoms with E-state index in [9.17, 15) is 13.2 Å². The second-order valence-electron chi connectivity index (χ2n) is 7.46. The Kier molecular flexibility index (Phi) is 5.61. The molecule has 30 heavy (non-hydrogen) atoms. The molecular weight excluding hydrogens is 391 g/mol. The Balaban J connectivity index is 1.46. The maximum atomic E-state index is 12.7. The summed E-state index contributed by atoms with van der Waals surface area (Å²) >= 11 is 0. The van der Waals surface area contributed by atoms with Crippen LogP contribution < -0.4 is 4.74 Å². The largest absolute Gasteiger partial charge is 0.439 e. The van der Waals surface area contributed by atoms with Gasteiger partial charge in [0.05, 0.1) is 11.6 Å². The average molecular weight is 413 g/mol. The van der Waals surface area contributed by atoms with E-state index in [0.29, 0.717) is 11.8 Å². The molecule has 1 fully saturated rings. The second-order valence-corrected chi connectivity index (χ2v) is 7.46. The number of alkyl halides is 3. The van der Waals surface area contributed by atoms with Crippen molar-refractivity contribution in [2.24, 2.45) is 0 Å². The van der Waals surface area contributed by atoms with Gasteiger partial charge < -0.3 is 4.74 Å². The molecule has 1 aliphatic carbocycles. The number of nitrogens with zero attached hydrogens (tertiary/aromatic N) is 3. The van der Waals surface area contributed by atoms with E-state index >= 15 is 0 Å². The van der Waals surface area contributed by atoms with Gasteiger partial charge in [-0.2, -0.15) is 18.3 Å². The highest BCUT2D eigenvalue weighted by atomic mass is 19.4. The van der Waals surface area contributed by atoms with Crippen LogP contribution in [0.2, 0.25) is 0 Å². The van der Waals surface area contributed by atoms with Gasteiger partial charge in [0.1, 0.15) is 5.75 Å². The van der Waals surface area contributed by atoms with Gasteiger partial charge in [-0.3, -0.25) is 4.68 Å². The summed E-state index contributed by atoms with van der Waals surface area (Å²) in [6, 6.07) is 12.2. The number of pyridine rings is 1. The molecule has 3 aromatic rings. The van der Waals surface area contributed by atoms with Crippen LogP contribution in [0.5, 0.6) is 11.6 Å². The Morgan fingerprint density at radius 3 is 2.53 bits per heavy atom. The van der Waals surface area contributed by atoms with Gasteiger partial charge in [-0.1, -0.05) is 17.7 Å². The van der Waals surface area contributed by atoms with Crippen molar-refractivity contribution >= 4 is 5.57 Å². The summed E-state index contributed by atoms with van der Waals surface area (Å²) in [5.74, 6) is 0.676. The topological polar surface area (TPSA) is 39.9 Å². The molecule has 0 unspecified atom stereocenters. The van der Waals surface area contributed by atoms with Gasteiger partial charge in [0, 0.05) is 24.7 Å². The zero-order chi connectivity index (χ0) is 21.1. The van der Waals surface area contributed by atoms with E-state index in [1.165, 1.54) is 17.2 Å². The van der Waals surface area contributed by atoms with Crippen molar-refractivity contribution in [3.8, 4) is 11.6 Å². The van der Waals surface area contributed by atoms with Crippen LogP contribution in [0.3, 0.4) is 0 Å². The van der Waals surface area contributed by atoms with E-state index in [2.05, 4.69) is 17.0 Å². The lowest BCUT2D eigenvalue weighted by Gasteiger charge is -2.26. The van der Waals surface area contributed by atoms with Crippen LogP contribution >= 0.6 is 0 Å². The number of hydrogen-bond donors (Lipinski definition) is 0. The van der Waals surface area contributed by atoms with Gasteiger partial charge in [-0.15, -0.1) is 0 Å². The fourth-order valence-electron chi connectivity index (χ4n) is 3.81. The Hall–Kier alpha value is -3.09. The Labute approximate surface area is 173 Å². The number of allylic oxidation sites excluding steroid dienone is 2. The van der Waals surface area contributed by atoms with Crippen molar-refractivity contribution in [1.82, 2.24) is 14.8 Å². The molecule has 0 N–H and O–H groups in total. The summed E-state index contributed by atoms with van der Waals surface area (Å²) in [5, 5.41) is 4.35. The number of ether oxygens (including phenoxy) is 1. The molecule has 1 aliphatic rings. The van der Waals surface area contributed by atoms with E-state index in [1.54, 1.807) is 6.07 Å². The van der Waals surface area contributed by atoms with Crippen LogP contribution in [0.4, 0.5) is 13.2 Å². The van der Waals surface area contributed by atoms with Crippen LogP contribution in [-0.4, -0.2) is 14.8 Å². The zero-order valence-corrected chi connectivity index (χ0v) is 16.6. The first-order chi connectivity index (χ1) is 14.4. The fraction of sp³-hybridized carbons (Fsp3) is 0.304. The Bertz CT molecular complexity index is 1010. The highest BCUT2D eigenvalue weighted by molar-refractivity contribution is 5.68. The van der Waals surface area contributed by atoms with E-state index in [4.69, 9.17) is 4.74 Å². The predicted molar refractivity (Wildman–Crippen MR) is 108 cm³/mol. The average Bonchev–Trinajstić information content (AvgIpc) is 3.28. The van der Waals surface area contributed by atoms with Crippen LogP contribution in [0, 0.1) is 0 Å². The number of hydrogen-bond acceptors (Lipinski definition) is 3. The summed E-state index contributed by atoms with van der Waals surface area (Å²) in [6.45, 7) is 2.11. The minimum Gasteiger partial charge on any atom is -0.439 e. The van der Waals surface area contributed by atoms with E-state index in [-0.39, 0.29) is 5.88 Å². The standard InChI is InChI=1S/C23H22F3N3O/c1-16(17-6-9-20(10-7-17)29-13-3-12-28-29)18-4-2-5-21(14-18)30-22-11-8-19(15-27-22)23(24,25)26/h2-5,8,11-15,20H,6-7,9-10H2,1H3. The van der Waals surface area contributed by atoms with E-state index < -0.39 is 11.7 Å². The highest BCUT2D eigenvalue weighted by Gasteiger charge is 2.30. The third-order valence-electron chi connectivity index (χ3n) is 5.54. The van der Waals surface area contributed by atoms with Gasteiger partial charge >= 0.3 is 6.18 Å². The molecule has 0 aliphatic heterocycles. The molecule has 0 spiro atoms. The van der Waals surface area contributed by atoms with Gasteiger partial charge in [0.2, 0.25) is 5.88 Å². The van der Waals surface area contributed by atoms with E-state index in [1.807, 2.05) is 41.3 Å². The van der Waals surface area contributed by atoms with Crippen LogP contribution in [0.1, 0.15) is 49.8 Å². The molecule has 0 atom stereocenters. The summed E-state index contributed by atoms with van der Waals surface area (Å²) < 4.78 is 45.8. The smallest absolute Gasteiger partial charge is 0.417 e. The highest BCUT2D eigenvalue weighted by Crippen LogP contribution is 2.36. The molecule has 2 aromatic heterocycles. The van der Waals surface area contributed by atoms with Crippen molar-refractivity contribution in [3.05, 3.63) is 77.8 Å². The van der Waals surface area contributed by atoms with Gasteiger partial charge in [-0.25, -0.2) is 4.98 Å². The minimum atomic E-state index is -4.41.